The Bertz CT molecular complexity index is 345. The van der Waals surface area contributed by atoms with E-state index < -0.39 is 0 Å². The number of allylic oxidation sites excluding steroid dienone is 7. The lowest BCUT2D eigenvalue weighted by Gasteiger charge is -2.05. The maximum atomic E-state index is 11.6. The van der Waals surface area contributed by atoms with Crippen LogP contribution in [0.5, 0.6) is 0 Å². The largest absolute Gasteiger partial charge is 0.290 e. The van der Waals surface area contributed by atoms with E-state index in [1.165, 1.54) is 19.3 Å². The summed E-state index contributed by atoms with van der Waals surface area (Å²) >= 11 is 0. The number of unbranched alkanes of at least 4 members (excludes halogenated alkanes) is 3. The fraction of sp³-hybridized carbons (Fsp3) is 0.438. The summed E-state index contributed by atoms with van der Waals surface area (Å²) in [4.78, 5) is 11.6. The highest BCUT2D eigenvalue weighted by atomic mass is 16.1. The van der Waals surface area contributed by atoms with Crippen LogP contribution in [0.25, 0.3) is 0 Å². The summed E-state index contributed by atoms with van der Waals surface area (Å²) in [6, 6.07) is 0. The first-order valence-corrected chi connectivity index (χ1v) is 6.49. The molecule has 1 heteroatoms. The molecule has 0 aromatic heterocycles. The zero-order valence-corrected chi connectivity index (χ0v) is 10.7. The molecule has 0 saturated carbocycles. The smallest absolute Gasteiger partial charge is 0.182 e. The van der Waals surface area contributed by atoms with Gasteiger partial charge in [0.1, 0.15) is 0 Å². The normalized spacial score (nSPS) is 21.8. The summed E-state index contributed by atoms with van der Waals surface area (Å²) < 4.78 is 0. The van der Waals surface area contributed by atoms with Crippen molar-refractivity contribution in [1.82, 2.24) is 0 Å². The van der Waals surface area contributed by atoms with Crippen molar-refractivity contribution in [2.45, 2.75) is 39.0 Å². The Morgan fingerprint density at radius 3 is 2.94 bits per heavy atom. The molecule has 1 nitrogen and oxygen atoms in total. The molecule has 0 aromatic carbocycles. The average molecular weight is 230 g/mol. The molecular weight excluding hydrogens is 208 g/mol. The van der Waals surface area contributed by atoms with Gasteiger partial charge in [0, 0.05) is 11.5 Å². The molecule has 0 radical (unpaired) electrons. The molecular formula is C16H22O. The molecule has 1 aliphatic carbocycles. The minimum Gasteiger partial charge on any atom is -0.290 e. The fourth-order valence-electron chi connectivity index (χ4n) is 1.96. The van der Waals surface area contributed by atoms with Gasteiger partial charge in [-0.1, -0.05) is 50.1 Å². The van der Waals surface area contributed by atoms with Crippen molar-refractivity contribution in [1.29, 1.82) is 0 Å². The molecule has 0 N–H and O–H groups in total. The lowest BCUT2D eigenvalue weighted by Crippen LogP contribution is -2.01. The van der Waals surface area contributed by atoms with Crippen LogP contribution in [0.3, 0.4) is 0 Å². The maximum Gasteiger partial charge on any atom is 0.182 e. The van der Waals surface area contributed by atoms with Crippen LogP contribution in [-0.4, -0.2) is 5.78 Å². The lowest BCUT2D eigenvalue weighted by atomic mass is 9.98. The molecule has 92 valence electrons. The number of carbonyl (C=O) groups excluding carboxylic acids is 1. The zero-order valence-electron chi connectivity index (χ0n) is 10.7. The maximum absolute atomic E-state index is 11.6. The molecule has 0 amide bonds. The predicted molar refractivity (Wildman–Crippen MR) is 73.8 cm³/mol. The molecule has 0 bridgehead atoms. The van der Waals surface area contributed by atoms with E-state index in [4.69, 9.17) is 0 Å². The van der Waals surface area contributed by atoms with Crippen molar-refractivity contribution >= 4 is 5.78 Å². The quantitative estimate of drug-likeness (QED) is 0.360. The van der Waals surface area contributed by atoms with E-state index in [1.54, 1.807) is 6.08 Å². The van der Waals surface area contributed by atoms with Gasteiger partial charge in [0.15, 0.2) is 5.78 Å². The Kier molecular flexibility index (Phi) is 6.31. The van der Waals surface area contributed by atoms with Gasteiger partial charge in [-0.05, 0) is 25.3 Å². The van der Waals surface area contributed by atoms with Crippen molar-refractivity contribution in [2.75, 3.05) is 0 Å². The minimum atomic E-state index is 0.148. The van der Waals surface area contributed by atoms with Gasteiger partial charge >= 0.3 is 0 Å². The Morgan fingerprint density at radius 2 is 2.24 bits per heavy atom. The summed E-state index contributed by atoms with van der Waals surface area (Å²) in [5.41, 5.74) is 0.900. The van der Waals surface area contributed by atoms with Crippen LogP contribution in [0.15, 0.2) is 48.6 Å². The van der Waals surface area contributed by atoms with Gasteiger partial charge in [0.2, 0.25) is 0 Å². The molecule has 0 saturated heterocycles. The minimum absolute atomic E-state index is 0.148. The van der Waals surface area contributed by atoms with Crippen LogP contribution in [0.4, 0.5) is 0 Å². The summed E-state index contributed by atoms with van der Waals surface area (Å²) in [5, 5.41) is 0. The van der Waals surface area contributed by atoms with Gasteiger partial charge in [0.05, 0.1) is 0 Å². The van der Waals surface area contributed by atoms with E-state index in [1.807, 2.05) is 24.3 Å². The van der Waals surface area contributed by atoms with Crippen molar-refractivity contribution in [2.24, 2.45) is 5.92 Å². The number of hydrogen-bond acceptors (Lipinski definition) is 1. The van der Waals surface area contributed by atoms with Crippen LogP contribution in [0.1, 0.15) is 39.0 Å². The summed E-state index contributed by atoms with van der Waals surface area (Å²) in [6.45, 7) is 5.93. The highest BCUT2D eigenvalue weighted by Gasteiger charge is 2.20. The van der Waals surface area contributed by atoms with Gasteiger partial charge in [0.25, 0.3) is 0 Å². The first-order chi connectivity index (χ1) is 8.29. The van der Waals surface area contributed by atoms with E-state index in [2.05, 4.69) is 19.6 Å². The summed E-state index contributed by atoms with van der Waals surface area (Å²) in [6.07, 6.45) is 17.4. The van der Waals surface area contributed by atoms with Gasteiger partial charge in [-0.15, -0.1) is 6.58 Å². The van der Waals surface area contributed by atoms with Gasteiger partial charge in [-0.25, -0.2) is 0 Å². The fourth-order valence-corrected chi connectivity index (χ4v) is 1.96. The molecule has 1 atom stereocenters. The van der Waals surface area contributed by atoms with Crippen molar-refractivity contribution in [3.05, 3.63) is 48.6 Å². The van der Waals surface area contributed by atoms with Gasteiger partial charge in [-0.2, -0.15) is 0 Å². The number of carbonyl (C=O) groups is 1. The Hall–Kier alpha value is -1.37. The van der Waals surface area contributed by atoms with E-state index in [-0.39, 0.29) is 11.7 Å². The van der Waals surface area contributed by atoms with Crippen molar-refractivity contribution < 1.29 is 4.79 Å². The first-order valence-electron chi connectivity index (χ1n) is 6.49. The number of ketones is 1. The van der Waals surface area contributed by atoms with E-state index in [0.717, 1.165) is 18.4 Å². The Balaban J connectivity index is 2.46. The van der Waals surface area contributed by atoms with Crippen molar-refractivity contribution in [3.63, 3.8) is 0 Å². The van der Waals surface area contributed by atoms with Gasteiger partial charge < -0.3 is 0 Å². The molecule has 0 unspecified atom stereocenters. The van der Waals surface area contributed by atoms with Crippen LogP contribution < -0.4 is 0 Å². The van der Waals surface area contributed by atoms with Crippen molar-refractivity contribution in [3.8, 4) is 0 Å². The third kappa shape index (κ3) is 4.56. The molecule has 0 spiro atoms. The molecule has 0 fully saturated rings. The monoisotopic (exact) mass is 230 g/mol. The summed E-state index contributed by atoms with van der Waals surface area (Å²) in [7, 11) is 0. The Morgan fingerprint density at radius 1 is 1.41 bits per heavy atom. The number of rotatable bonds is 7. The SMILES string of the molecule is C=CC[C@H]1C=CC(=O)/C1=C/C=C/CCCCC. The molecule has 1 rings (SSSR count). The first kappa shape index (κ1) is 13.7. The second-order valence-electron chi connectivity index (χ2n) is 4.40. The van der Waals surface area contributed by atoms with E-state index in [0.29, 0.717) is 0 Å². The Labute approximate surface area is 105 Å². The van der Waals surface area contributed by atoms with Gasteiger partial charge in [-0.3, -0.25) is 4.79 Å². The molecule has 0 aromatic rings. The van der Waals surface area contributed by atoms with Crippen LogP contribution >= 0.6 is 0 Å². The van der Waals surface area contributed by atoms with Crippen LogP contribution in [0.2, 0.25) is 0 Å². The predicted octanol–water partition coefficient (Wildman–Crippen LogP) is 4.38. The second kappa shape index (κ2) is 7.83. The standard InChI is InChI=1S/C16H22O/c1-3-5-6-7-8-9-11-15-14(10-4-2)12-13-16(15)17/h4,8-9,11-14H,2-3,5-7,10H2,1H3/b9-8+,15-11+/t14-/m0/s1. The molecule has 1 aliphatic rings. The second-order valence-corrected chi connectivity index (χ2v) is 4.40. The topological polar surface area (TPSA) is 17.1 Å². The highest BCUT2D eigenvalue weighted by molar-refractivity contribution is 6.07. The van der Waals surface area contributed by atoms with E-state index >= 15 is 0 Å². The van der Waals surface area contributed by atoms with Crippen LogP contribution in [-0.2, 0) is 4.79 Å². The third-order valence-corrected chi connectivity index (χ3v) is 2.97. The van der Waals surface area contributed by atoms with E-state index in [9.17, 15) is 4.79 Å². The third-order valence-electron chi connectivity index (χ3n) is 2.97. The molecule has 0 aliphatic heterocycles. The summed E-state index contributed by atoms with van der Waals surface area (Å²) in [5.74, 6) is 0.385. The van der Waals surface area contributed by atoms with Crippen LogP contribution in [0, 0.1) is 5.92 Å². The highest BCUT2D eigenvalue weighted by Crippen LogP contribution is 2.24. The zero-order chi connectivity index (χ0) is 12.5. The average Bonchev–Trinajstić information content (AvgIpc) is 2.66. The number of hydrogen-bond donors (Lipinski definition) is 0. The molecule has 17 heavy (non-hydrogen) atoms. The lowest BCUT2D eigenvalue weighted by molar-refractivity contribution is -0.111. The molecule has 0 heterocycles.